The largest absolute Gasteiger partial charge is 0.490 e. The van der Waals surface area contributed by atoms with Gasteiger partial charge in [0.15, 0.2) is 11.5 Å². The van der Waals surface area contributed by atoms with Crippen molar-refractivity contribution in [2.24, 2.45) is 0 Å². The molecule has 5 rings (SSSR count). The van der Waals surface area contributed by atoms with Crippen LogP contribution >= 0.6 is 23.4 Å². The van der Waals surface area contributed by atoms with Crippen LogP contribution in [0.15, 0.2) is 84.9 Å². The number of anilines is 1. The molecule has 1 aliphatic heterocycles. The van der Waals surface area contributed by atoms with E-state index in [2.05, 4.69) is 24.3 Å². The molecule has 1 amide bonds. The van der Waals surface area contributed by atoms with E-state index in [4.69, 9.17) is 21.1 Å². The SMILES string of the molecule is CCOc1cc([C@H]2SCC(=O)N2c2ccc(Cl)cc2)ccc1OCc1cccc2ccccc12. The van der Waals surface area contributed by atoms with Gasteiger partial charge in [-0.15, -0.1) is 11.8 Å². The molecule has 1 saturated heterocycles. The molecule has 1 atom stereocenters. The van der Waals surface area contributed by atoms with Crippen molar-refractivity contribution < 1.29 is 14.3 Å². The first-order valence-electron chi connectivity index (χ1n) is 11.2. The molecule has 6 heteroatoms. The first kappa shape index (κ1) is 22.6. The summed E-state index contributed by atoms with van der Waals surface area (Å²) >= 11 is 7.65. The summed E-state index contributed by atoms with van der Waals surface area (Å²) in [5.41, 5.74) is 2.95. The minimum absolute atomic E-state index is 0.0755. The zero-order chi connectivity index (χ0) is 23.5. The van der Waals surface area contributed by atoms with Crippen LogP contribution in [0.5, 0.6) is 11.5 Å². The number of nitrogens with zero attached hydrogens (tertiary/aromatic N) is 1. The topological polar surface area (TPSA) is 38.8 Å². The number of hydrogen-bond donors (Lipinski definition) is 0. The van der Waals surface area contributed by atoms with Crippen molar-refractivity contribution >= 4 is 45.7 Å². The molecular weight excluding hydrogens is 466 g/mol. The number of carbonyl (C=O) groups is 1. The highest BCUT2D eigenvalue weighted by Gasteiger charge is 2.34. The molecular formula is C28H24ClNO3S. The third kappa shape index (κ3) is 4.59. The van der Waals surface area contributed by atoms with Crippen LogP contribution in [0.4, 0.5) is 5.69 Å². The summed E-state index contributed by atoms with van der Waals surface area (Å²) < 4.78 is 12.2. The molecule has 4 aromatic carbocycles. The summed E-state index contributed by atoms with van der Waals surface area (Å²) in [4.78, 5) is 14.5. The van der Waals surface area contributed by atoms with Gasteiger partial charge in [0.25, 0.3) is 0 Å². The summed E-state index contributed by atoms with van der Waals surface area (Å²) in [5.74, 6) is 1.87. The maximum Gasteiger partial charge on any atom is 0.238 e. The average Bonchev–Trinajstić information content (AvgIpc) is 3.25. The van der Waals surface area contributed by atoms with Gasteiger partial charge < -0.3 is 9.47 Å². The molecule has 0 aliphatic carbocycles. The predicted octanol–water partition coefficient (Wildman–Crippen LogP) is 7.25. The van der Waals surface area contributed by atoms with Crippen LogP contribution in [0.3, 0.4) is 0 Å². The third-order valence-corrected chi connectivity index (χ3v) is 7.25. The Bertz CT molecular complexity index is 1320. The van der Waals surface area contributed by atoms with Crippen LogP contribution in [0.1, 0.15) is 23.4 Å². The van der Waals surface area contributed by atoms with E-state index in [1.807, 2.05) is 60.4 Å². The quantitative estimate of drug-likeness (QED) is 0.274. The lowest BCUT2D eigenvalue weighted by molar-refractivity contribution is -0.115. The Labute approximate surface area is 208 Å². The Kier molecular flexibility index (Phi) is 6.66. The number of carbonyl (C=O) groups excluding carboxylic acids is 1. The van der Waals surface area contributed by atoms with Crippen molar-refractivity contribution in [1.29, 1.82) is 0 Å². The first-order chi connectivity index (χ1) is 16.6. The van der Waals surface area contributed by atoms with Gasteiger partial charge in [-0.2, -0.15) is 0 Å². The van der Waals surface area contributed by atoms with Gasteiger partial charge in [0.05, 0.1) is 12.4 Å². The van der Waals surface area contributed by atoms with E-state index in [0.29, 0.717) is 35.5 Å². The van der Waals surface area contributed by atoms with Crippen LogP contribution in [-0.2, 0) is 11.4 Å². The Hall–Kier alpha value is -3.15. The molecule has 0 radical (unpaired) electrons. The van der Waals surface area contributed by atoms with E-state index in [9.17, 15) is 4.79 Å². The number of ether oxygens (including phenoxy) is 2. The molecule has 1 fully saturated rings. The smallest absolute Gasteiger partial charge is 0.238 e. The van der Waals surface area contributed by atoms with Crippen molar-refractivity contribution in [1.82, 2.24) is 0 Å². The summed E-state index contributed by atoms with van der Waals surface area (Å²) in [6, 6.07) is 27.8. The minimum Gasteiger partial charge on any atom is -0.490 e. The lowest BCUT2D eigenvalue weighted by Gasteiger charge is -2.25. The Morgan fingerprint density at radius 2 is 1.74 bits per heavy atom. The van der Waals surface area contributed by atoms with E-state index >= 15 is 0 Å². The summed E-state index contributed by atoms with van der Waals surface area (Å²) in [6.45, 7) is 2.91. The Morgan fingerprint density at radius 3 is 2.56 bits per heavy atom. The second-order valence-corrected chi connectivity index (χ2v) is 9.47. The predicted molar refractivity (Wildman–Crippen MR) is 140 cm³/mol. The Morgan fingerprint density at radius 1 is 0.941 bits per heavy atom. The van der Waals surface area contributed by atoms with Crippen LogP contribution in [0, 0.1) is 0 Å². The number of thioether (sulfide) groups is 1. The lowest BCUT2D eigenvalue weighted by Crippen LogP contribution is -2.27. The molecule has 0 bridgehead atoms. The molecule has 34 heavy (non-hydrogen) atoms. The molecule has 1 aliphatic rings. The highest BCUT2D eigenvalue weighted by molar-refractivity contribution is 8.00. The van der Waals surface area contributed by atoms with E-state index in [1.54, 1.807) is 23.9 Å². The number of hydrogen-bond acceptors (Lipinski definition) is 4. The fraction of sp³-hybridized carbons (Fsp3) is 0.179. The van der Waals surface area contributed by atoms with E-state index in [1.165, 1.54) is 10.8 Å². The van der Waals surface area contributed by atoms with Gasteiger partial charge in [0, 0.05) is 10.7 Å². The number of benzene rings is 4. The fourth-order valence-corrected chi connectivity index (χ4v) is 5.48. The monoisotopic (exact) mass is 489 g/mol. The zero-order valence-electron chi connectivity index (χ0n) is 18.7. The van der Waals surface area contributed by atoms with Crippen LogP contribution in [-0.4, -0.2) is 18.3 Å². The van der Waals surface area contributed by atoms with Gasteiger partial charge in [-0.05, 0) is 65.2 Å². The average molecular weight is 490 g/mol. The molecule has 0 aromatic heterocycles. The molecule has 0 spiro atoms. The van der Waals surface area contributed by atoms with E-state index in [-0.39, 0.29) is 11.3 Å². The van der Waals surface area contributed by atoms with Crippen molar-refractivity contribution in [3.8, 4) is 11.5 Å². The minimum atomic E-state index is -0.139. The normalized spacial score (nSPS) is 15.6. The molecule has 4 aromatic rings. The second-order valence-electron chi connectivity index (χ2n) is 7.97. The van der Waals surface area contributed by atoms with E-state index in [0.717, 1.165) is 16.8 Å². The lowest BCUT2D eigenvalue weighted by atomic mass is 10.1. The van der Waals surface area contributed by atoms with Crippen LogP contribution in [0.25, 0.3) is 10.8 Å². The van der Waals surface area contributed by atoms with Crippen molar-refractivity contribution in [3.05, 3.63) is 101 Å². The molecule has 0 unspecified atom stereocenters. The molecule has 4 nitrogen and oxygen atoms in total. The van der Waals surface area contributed by atoms with Gasteiger partial charge in [0.2, 0.25) is 5.91 Å². The third-order valence-electron chi connectivity index (χ3n) is 5.79. The zero-order valence-corrected chi connectivity index (χ0v) is 20.3. The molecule has 0 N–H and O–H groups in total. The van der Waals surface area contributed by atoms with Crippen LogP contribution in [0.2, 0.25) is 5.02 Å². The Balaban J connectivity index is 1.41. The number of rotatable bonds is 7. The van der Waals surface area contributed by atoms with Gasteiger partial charge in [-0.3, -0.25) is 9.69 Å². The second kappa shape index (κ2) is 10.00. The standard InChI is InChI=1S/C28H24ClNO3S/c1-2-32-26-16-20(28-30(27(31)18-34-28)23-13-11-22(29)12-14-23)10-15-25(26)33-17-21-8-5-7-19-6-3-4-9-24(19)21/h3-16,28H,2,17-18H2,1H3/t28-/m1/s1. The summed E-state index contributed by atoms with van der Waals surface area (Å²) in [5, 5.41) is 2.87. The summed E-state index contributed by atoms with van der Waals surface area (Å²) in [6.07, 6.45) is 0. The number of amides is 1. The maximum absolute atomic E-state index is 12.7. The molecule has 1 heterocycles. The van der Waals surface area contributed by atoms with E-state index < -0.39 is 0 Å². The van der Waals surface area contributed by atoms with Crippen molar-refractivity contribution in [2.75, 3.05) is 17.3 Å². The van der Waals surface area contributed by atoms with Gasteiger partial charge in [-0.25, -0.2) is 0 Å². The van der Waals surface area contributed by atoms with Gasteiger partial charge in [-0.1, -0.05) is 60.1 Å². The molecule has 0 saturated carbocycles. The molecule has 172 valence electrons. The van der Waals surface area contributed by atoms with Crippen molar-refractivity contribution in [2.45, 2.75) is 18.9 Å². The van der Waals surface area contributed by atoms with Gasteiger partial charge >= 0.3 is 0 Å². The maximum atomic E-state index is 12.7. The van der Waals surface area contributed by atoms with Crippen LogP contribution < -0.4 is 14.4 Å². The van der Waals surface area contributed by atoms with Crippen molar-refractivity contribution in [3.63, 3.8) is 0 Å². The first-order valence-corrected chi connectivity index (χ1v) is 12.6. The van der Waals surface area contributed by atoms with Gasteiger partial charge in [0.1, 0.15) is 12.0 Å². The number of fused-ring (bicyclic) bond motifs is 1. The number of halogens is 1. The summed E-state index contributed by atoms with van der Waals surface area (Å²) in [7, 11) is 0. The fourth-order valence-electron chi connectivity index (χ4n) is 4.19. The highest BCUT2D eigenvalue weighted by Crippen LogP contribution is 2.44. The highest BCUT2D eigenvalue weighted by atomic mass is 35.5.